The molecule has 4 atom stereocenters. The Morgan fingerprint density at radius 2 is 1.34 bits per heavy atom. The van der Waals surface area contributed by atoms with Gasteiger partial charge in [0.25, 0.3) is 11.8 Å². The molecule has 0 bridgehead atoms. The molecule has 8 rings (SSSR count). The smallest absolute Gasteiger partial charge is 0.532 e. The van der Waals surface area contributed by atoms with E-state index in [4.69, 9.17) is 46.3 Å². The number of nitrogens with one attached hydrogen (secondary N) is 1. The van der Waals surface area contributed by atoms with E-state index in [2.05, 4.69) is 43.6 Å². The number of ether oxygens (including phenoxy) is 2. The van der Waals surface area contributed by atoms with Crippen LogP contribution >= 0.6 is 15.9 Å². The van der Waals surface area contributed by atoms with Gasteiger partial charge < -0.3 is 51.3 Å². The Kier molecular flexibility index (Phi) is 13.3. The number of carbonyl (C=O) groups is 2. The lowest BCUT2D eigenvalue weighted by Gasteiger charge is -2.26. The number of nitrogen functional groups attached to an aromatic ring is 1. The van der Waals surface area contributed by atoms with Gasteiger partial charge in [0.15, 0.2) is 11.6 Å². The van der Waals surface area contributed by atoms with Gasteiger partial charge in [-0.05, 0) is 52.9 Å². The second kappa shape index (κ2) is 18.6. The standard InChI is InChI=1S/C18H17BFN5O4.C10H13N5O2.C8H5BBrFO2/c20-13-6-16-10(1-3-19(27)29-16)5-14(13)23-18-12(17(22)26)8-25(24-18)15-9-28-4-2-11(15)7-21;11-3-6-1-2-17-5-8(6)15-4-7(10(13)16)9(12)14-15;10-6-3-5-1-2-9(12)13-8(5)4-7(6)11/h1,3,5-6,8,11,15,27H,2,4,9H2,(H2,22,26)(H,23,24);4,6,8H,1-2,5H2,(H2,12,14)(H2,13,16);1-4,12H/t11-,15?;6-,8?;/m11./s1. The Morgan fingerprint density at radius 1 is 0.831 bits per heavy atom. The molecule has 2 unspecified atom stereocenters. The van der Waals surface area contributed by atoms with Gasteiger partial charge in [0.1, 0.15) is 34.3 Å². The fraction of sp³-hybridized carbons (Fsp3) is 0.278. The molecule has 0 saturated carbocycles. The van der Waals surface area contributed by atoms with Crippen LogP contribution in [0.4, 0.5) is 26.1 Å². The van der Waals surface area contributed by atoms with Crippen molar-refractivity contribution in [1.82, 2.24) is 19.6 Å². The molecule has 2 aromatic carbocycles. The summed E-state index contributed by atoms with van der Waals surface area (Å²) in [5.74, 6) is 0.664. The van der Waals surface area contributed by atoms with Gasteiger partial charge in [-0.25, -0.2) is 8.78 Å². The van der Waals surface area contributed by atoms with Gasteiger partial charge in [-0.2, -0.15) is 20.7 Å². The van der Waals surface area contributed by atoms with Crippen LogP contribution in [0.15, 0.2) is 53.1 Å². The van der Waals surface area contributed by atoms with Crippen LogP contribution in [0.2, 0.25) is 0 Å². The normalized spacial score (nSPS) is 20.1. The van der Waals surface area contributed by atoms with Crippen LogP contribution in [0.3, 0.4) is 0 Å². The molecule has 4 aliphatic heterocycles. The first-order valence-electron chi connectivity index (χ1n) is 17.9. The molecule has 4 aromatic rings. The number of hydrogen-bond acceptors (Lipinski definition) is 14. The molecule has 2 aromatic heterocycles. The highest BCUT2D eigenvalue weighted by Crippen LogP contribution is 2.34. The van der Waals surface area contributed by atoms with E-state index in [1.165, 1.54) is 45.8 Å². The van der Waals surface area contributed by atoms with Crippen molar-refractivity contribution in [2.24, 2.45) is 23.3 Å². The van der Waals surface area contributed by atoms with Gasteiger partial charge in [0.05, 0.1) is 59.4 Å². The molecule has 59 heavy (non-hydrogen) atoms. The van der Waals surface area contributed by atoms with Gasteiger partial charge in [0, 0.05) is 48.9 Å². The summed E-state index contributed by atoms with van der Waals surface area (Å²) in [6.07, 6.45) is 7.39. The number of primary amides is 2. The molecule has 0 aliphatic carbocycles. The lowest BCUT2D eigenvalue weighted by molar-refractivity contribution is 0.0341. The van der Waals surface area contributed by atoms with Crippen molar-refractivity contribution in [1.29, 1.82) is 10.5 Å². The zero-order chi connectivity index (χ0) is 42.4. The first-order chi connectivity index (χ1) is 28.3. The van der Waals surface area contributed by atoms with E-state index in [0.717, 1.165) is 11.6 Å². The highest BCUT2D eigenvalue weighted by Gasteiger charge is 2.31. The summed E-state index contributed by atoms with van der Waals surface area (Å²) >= 11 is 3.06. The van der Waals surface area contributed by atoms with Gasteiger partial charge in [-0.1, -0.05) is 12.2 Å². The van der Waals surface area contributed by atoms with E-state index in [9.17, 15) is 28.7 Å². The second-order valence-electron chi connectivity index (χ2n) is 13.4. The van der Waals surface area contributed by atoms with E-state index in [0.29, 0.717) is 48.4 Å². The molecule has 2 saturated heterocycles. The Morgan fingerprint density at radius 3 is 1.86 bits per heavy atom. The maximum absolute atomic E-state index is 14.5. The minimum Gasteiger partial charge on any atom is -0.532 e. The summed E-state index contributed by atoms with van der Waals surface area (Å²) in [6.45, 7) is 1.70. The van der Waals surface area contributed by atoms with Crippen LogP contribution in [-0.2, 0) is 9.47 Å². The quantitative estimate of drug-likeness (QED) is 0.152. The first-order valence-corrected chi connectivity index (χ1v) is 18.7. The third kappa shape index (κ3) is 9.91. The Labute approximate surface area is 344 Å². The van der Waals surface area contributed by atoms with Crippen LogP contribution in [-0.4, -0.2) is 82.1 Å². The van der Waals surface area contributed by atoms with Crippen LogP contribution in [0, 0.1) is 46.1 Å². The van der Waals surface area contributed by atoms with E-state index < -0.39 is 37.7 Å². The fourth-order valence-electron chi connectivity index (χ4n) is 6.38. The molecule has 4 aliphatic rings. The summed E-state index contributed by atoms with van der Waals surface area (Å²) in [5.41, 5.74) is 17.8. The lowest BCUT2D eigenvalue weighted by atomic mass is 9.86. The number of carbonyl (C=O) groups excluding carboxylic acids is 2. The van der Waals surface area contributed by atoms with Crippen molar-refractivity contribution in [3.8, 4) is 23.6 Å². The lowest BCUT2D eigenvalue weighted by Crippen LogP contribution is -2.29. The van der Waals surface area contributed by atoms with Crippen molar-refractivity contribution in [2.75, 3.05) is 37.5 Å². The largest absolute Gasteiger partial charge is 0.552 e. The van der Waals surface area contributed by atoms with Gasteiger partial charge in [-0.3, -0.25) is 19.0 Å². The molecule has 23 heteroatoms. The number of amides is 2. The topological polar surface area (TPSA) is 285 Å². The predicted octanol–water partition coefficient (Wildman–Crippen LogP) is 3.07. The zero-order valence-electron chi connectivity index (χ0n) is 30.9. The van der Waals surface area contributed by atoms with Crippen LogP contribution in [0.1, 0.15) is 56.8 Å². The van der Waals surface area contributed by atoms with Crippen molar-refractivity contribution < 1.29 is 47.2 Å². The number of nitrogens with zero attached hydrogens (tertiary/aromatic N) is 6. The summed E-state index contributed by atoms with van der Waals surface area (Å²) in [6, 6.07) is 9.29. The van der Waals surface area contributed by atoms with E-state index >= 15 is 0 Å². The van der Waals surface area contributed by atoms with Gasteiger partial charge in [-0.15, -0.1) is 0 Å². The molecule has 2 amide bonds. The average molecular weight is 875 g/mol. The summed E-state index contributed by atoms with van der Waals surface area (Å²) in [7, 11) is -2.11. The molecule has 6 heterocycles. The highest BCUT2D eigenvalue weighted by atomic mass is 79.9. The van der Waals surface area contributed by atoms with E-state index in [1.54, 1.807) is 18.2 Å². The van der Waals surface area contributed by atoms with Crippen molar-refractivity contribution in [3.63, 3.8) is 0 Å². The van der Waals surface area contributed by atoms with Crippen molar-refractivity contribution in [3.05, 3.63) is 87.0 Å². The summed E-state index contributed by atoms with van der Waals surface area (Å²) in [4.78, 5) is 23.0. The van der Waals surface area contributed by atoms with E-state index in [-0.39, 0.29) is 64.7 Å². The molecule has 2 fully saturated rings. The number of hydrogen-bond donors (Lipinski definition) is 6. The van der Waals surface area contributed by atoms with Crippen LogP contribution < -0.4 is 31.8 Å². The van der Waals surface area contributed by atoms with Crippen LogP contribution in [0.25, 0.3) is 12.2 Å². The fourth-order valence-corrected chi connectivity index (χ4v) is 6.74. The van der Waals surface area contributed by atoms with E-state index in [1.807, 2.05) is 0 Å². The van der Waals surface area contributed by atoms with Crippen molar-refractivity contribution >= 4 is 71.5 Å². The predicted molar refractivity (Wildman–Crippen MR) is 212 cm³/mol. The zero-order valence-corrected chi connectivity index (χ0v) is 32.5. The minimum atomic E-state index is -1.14. The third-order valence-electron chi connectivity index (χ3n) is 9.47. The average Bonchev–Trinajstić information content (AvgIpc) is 3.83. The molecule has 18 nitrogen and oxygen atoms in total. The third-order valence-corrected chi connectivity index (χ3v) is 10.1. The van der Waals surface area contributed by atoms with Crippen molar-refractivity contribution in [2.45, 2.75) is 24.9 Å². The first kappa shape index (κ1) is 42.4. The summed E-state index contributed by atoms with van der Waals surface area (Å²) < 4.78 is 51.8. The molecule has 0 spiro atoms. The van der Waals surface area contributed by atoms with Gasteiger partial charge in [0.2, 0.25) is 0 Å². The maximum Gasteiger partial charge on any atom is 0.552 e. The second-order valence-corrected chi connectivity index (χ2v) is 14.2. The number of anilines is 3. The molecule has 304 valence electrons. The Balaban J connectivity index is 0.000000165. The molecular formula is C36H35B2BrF2N10O8. The number of fused-ring (bicyclic) bond motifs is 2. The number of nitrogens with two attached hydrogens (primary N) is 3. The monoisotopic (exact) mass is 874 g/mol. The minimum absolute atomic E-state index is 0.0536. The number of rotatable bonds is 6. The number of aromatic nitrogens is 4. The SMILES string of the molecule is N#C[C@H]1CCOCC1n1cc(C(N)=O)c(N)n1.N#C[C@H]1CCOCC1n1cc(C(N)=O)c(Nc2cc3c(cc2F)OB(O)C=C3)n1.OB1C=Cc2cc(Br)c(F)cc2O1. The highest BCUT2D eigenvalue weighted by molar-refractivity contribution is 9.10. The van der Waals surface area contributed by atoms with Gasteiger partial charge >= 0.3 is 14.2 Å². The molecule has 9 N–H and O–H groups in total. The summed E-state index contributed by atoms with van der Waals surface area (Å²) in [5, 5.41) is 48.1. The number of halogens is 3. The Hall–Kier alpha value is -6.23. The van der Waals surface area contributed by atoms with Crippen LogP contribution in [0.5, 0.6) is 11.5 Å². The number of nitriles is 2. The molecule has 0 radical (unpaired) electrons. The Bertz CT molecular complexity index is 2390. The molecular weight excluding hydrogens is 840 g/mol. The number of benzene rings is 2. The maximum atomic E-state index is 14.5.